The van der Waals surface area contributed by atoms with Crippen molar-refractivity contribution in [2.45, 2.75) is 129 Å². The molecule has 0 saturated carbocycles. The number of nitrogens with zero attached hydrogens (tertiary/aromatic N) is 3. The predicted octanol–water partition coefficient (Wildman–Crippen LogP) is 4.17. The number of likely N-dealkylation sites (tertiary alicyclic amines) is 1. The average molecular weight is 747 g/mol. The molecular formula is C41H70N4O8. The molecule has 302 valence electrons. The lowest BCUT2D eigenvalue weighted by atomic mass is 9.89. The minimum absolute atomic E-state index is 0.0201. The molecule has 0 bridgehead atoms. The van der Waals surface area contributed by atoms with Crippen molar-refractivity contribution in [3.05, 3.63) is 35.9 Å². The first-order valence-corrected chi connectivity index (χ1v) is 19.5. The highest BCUT2D eigenvalue weighted by atomic mass is 16.5. The molecule has 3 amide bonds. The molecule has 53 heavy (non-hydrogen) atoms. The lowest BCUT2D eigenvalue weighted by Gasteiger charge is -2.41. The zero-order valence-corrected chi connectivity index (χ0v) is 34.5. The number of amides is 3. The highest BCUT2D eigenvalue weighted by Crippen LogP contribution is 2.30. The number of likely N-dealkylation sites (N-methyl/N-ethyl adjacent to an activating group) is 2. The molecule has 12 heteroatoms. The van der Waals surface area contributed by atoms with Crippen molar-refractivity contribution in [3.63, 3.8) is 0 Å². The van der Waals surface area contributed by atoms with Crippen LogP contribution >= 0.6 is 0 Å². The van der Waals surface area contributed by atoms with Crippen molar-refractivity contribution in [2.24, 2.45) is 23.7 Å². The van der Waals surface area contributed by atoms with E-state index in [1.165, 1.54) is 7.11 Å². The molecule has 1 aliphatic heterocycles. The number of methoxy groups -OCH3 is 2. The van der Waals surface area contributed by atoms with E-state index in [0.29, 0.717) is 25.8 Å². The van der Waals surface area contributed by atoms with Crippen molar-refractivity contribution < 1.29 is 38.5 Å². The Hall–Kier alpha value is -3.06. The highest BCUT2D eigenvalue weighted by molar-refractivity contribution is 5.90. The topological polar surface area (TPSA) is 138 Å². The second-order valence-electron chi connectivity index (χ2n) is 15.6. The maximum atomic E-state index is 14.3. The second-order valence-corrected chi connectivity index (χ2v) is 15.6. The van der Waals surface area contributed by atoms with E-state index >= 15 is 0 Å². The van der Waals surface area contributed by atoms with Crippen molar-refractivity contribution in [1.82, 2.24) is 20.0 Å². The average Bonchev–Trinajstić information content (AvgIpc) is 3.61. The zero-order chi connectivity index (χ0) is 40.0. The summed E-state index contributed by atoms with van der Waals surface area (Å²) in [5.41, 5.74) is 0.946. The molecule has 2 unspecified atom stereocenters. The van der Waals surface area contributed by atoms with E-state index in [-0.39, 0.29) is 54.5 Å². The Balaban J connectivity index is 2.23. The van der Waals surface area contributed by atoms with Crippen LogP contribution in [0.4, 0.5) is 0 Å². The van der Waals surface area contributed by atoms with Crippen LogP contribution in [0.5, 0.6) is 0 Å². The van der Waals surface area contributed by atoms with Crippen LogP contribution in [0, 0.1) is 23.7 Å². The van der Waals surface area contributed by atoms with Gasteiger partial charge in [0, 0.05) is 34.2 Å². The second kappa shape index (κ2) is 22.4. The largest absolute Gasteiger partial charge is 0.463 e. The fourth-order valence-corrected chi connectivity index (χ4v) is 7.82. The lowest BCUT2D eigenvalue weighted by molar-refractivity contribution is -0.159. The number of esters is 1. The van der Waals surface area contributed by atoms with Gasteiger partial charge in [-0.05, 0) is 57.2 Å². The van der Waals surface area contributed by atoms with E-state index in [0.717, 1.165) is 18.4 Å². The fourth-order valence-electron chi connectivity index (χ4n) is 7.82. The number of benzene rings is 1. The molecule has 0 aliphatic carbocycles. The SMILES string of the molecule is CCC(C)[C@H](NC(=O)[C@H](C(C)C)N(C)C)C(=O)N(C)[C@@H](C(C)CC)[C@@H](CC(=O)N1CCC[C@H]1[C@H](OC)[C@@H](C)C(=O)OC[C@@H](O)Cc1ccccc1)OC. The number of hydrogen-bond acceptors (Lipinski definition) is 9. The summed E-state index contributed by atoms with van der Waals surface area (Å²) in [7, 11) is 8.56. The van der Waals surface area contributed by atoms with Gasteiger partial charge in [0.05, 0.1) is 48.8 Å². The van der Waals surface area contributed by atoms with Crippen molar-refractivity contribution in [1.29, 1.82) is 0 Å². The van der Waals surface area contributed by atoms with Crippen LogP contribution in [-0.4, -0.2) is 134 Å². The lowest BCUT2D eigenvalue weighted by Crippen LogP contribution is -2.60. The third kappa shape index (κ3) is 12.8. The number of carbonyl (C=O) groups is 4. The van der Waals surface area contributed by atoms with Gasteiger partial charge in [0.2, 0.25) is 17.7 Å². The van der Waals surface area contributed by atoms with Gasteiger partial charge in [-0.15, -0.1) is 0 Å². The van der Waals surface area contributed by atoms with Crippen molar-refractivity contribution >= 4 is 23.7 Å². The number of nitrogens with one attached hydrogen (secondary N) is 1. The normalized spacial score (nSPS) is 19.8. The van der Waals surface area contributed by atoms with Crippen LogP contribution in [0.2, 0.25) is 0 Å². The maximum Gasteiger partial charge on any atom is 0.311 e. The molecule has 12 nitrogen and oxygen atoms in total. The van der Waals surface area contributed by atoms with Gasteiger partial charge < -0.3 is 34.4 Å². The molecule has 1 heterocycles. The Kier molecular flexibility index (Phi) is 19.4. The number of aliphatic hydroxyl groups is 1. The van der Waals surface area contributed by atoms with Gasteiger partial charge >= 0.3 is 5.97 Å². The van der Waals surface area contributed by atoms with Gasteiger partial charge in [0.1, 0.15) is 12.6 Å². The standard InChI is InChI=1S/C41H70N4O8/c1-13-27(5)35(42-39(48)36(26(3)4)43(8)9)40(49)44(10)37(28(6)14-2)33(51-11)24-34(47)45-22-18-21-32(45)38(52-12)29(7)41(50)53-25-31(46)23-30-19-16-15-17-20-30/h15-17,19-20,26-29,31-33,35-38,46H,13-14,18,21-25H2,1-12H3,(H,42,48)/t27?,28?,29-,31+,32+,33-,35+,36+,37+,38-/m1/s1. The fraction of sp³-hybridized carbons (Fsp3) is 0.756. The summed E-state index contributed by atoms with van der Waals surface area (Å²) in [5, 5.41) is 13.6. The van der Waals surface area contributed by atoms with E-state index in [1.807, 2.05) is 90.9 Å². The van der Waals surface area contributed by atoms with E-state index in [9.17, 15) is 24.3 Å². The quantitative estimate of drug-likeness (QED) is 0.168. The smallest absolute Gasteiger partial charge is 0.311 e. The van der Waals surface area contributed by atoms with E-state index in [2.05, 4.69) is 5.32 Å². The van der Waals surface area contributed by atoms with Crippen LogP contribution in [0.3, 0.4) is 0 Å². The first-order chi connectivity index (χ1) is 25.0. The third-order valence-electron chi connectivity index (χ3n) is 11.2. The molecule has 2 rings (SSSR count). The minimum Gasteiger partial charge on any atom is -0.463 e. The summed E-state index contributed by atoms with van der Waals surface area (Å²) in [4.78, 5) is 60.5. The molecule has 0 spiro atoms. The number of hydrogen-bond donors (Lipinski definition) is 2. The molecule has 1 aromatic carbocycles. The Morgan fingerprint density at radius 2 is 1.57 bits per heavy atom. The number of rotatable bonds is 22. The highest BCUT2D eigenvalue weighted by Gasteiger charge is 2.43. The molecule has 1 saturated heterocycles. The van der Waals surface area contributed by atoms with Crippen LogP contribution in [0.25, 0.3) is 0 Å². The summed E-state index contributed by atoms with van der Waals surface area (Å²) in [6.45, 7) is 14.1. The molecule has 2 N–H and O–H groups in total. The van der Waals surface area contributed by atoms with E-state index < -0.39 is 48.3 Å². The third-order valence-corrected chi connectivity index (χ3v) is 11.2. The van der Waals surface area contributed by atoms with Crippen molar-refractivity contribution in [2.75, 3.05) is 48.5 Å². The molecule has 1 aromatic rings. The van der Waals surface area contributed by atoms with Crippen LogP contribution in [-0.2, 0) is 39.8 Å². The van der Waals surface area contributed by atoms with Crippen molar-refractivity contribution in [3.8, 4) is 0 Å². The summed E-state index contributed by atoms with van der Waals surface area (Å²) < 4.78 is 17.4. The van der Waals surface area contributed by atoms with Gasteiger partial charge in [0.25, 0.3) is 0 Å². The molecular weight excluding hydrogens is 676 g/mol. The minimum atomic E-state index is -0.847. The molecule has 10 atom stereocenters. The maximum absolute atomic E-state index is 14.3. The number of carbonyl (C=O) groups excluding carboxylic acids is 4. The summed E-state index contributed by atoms with van der Waals surface area (Å²) in [6.07, 6.45) is 1.14. The number of ether oxygens (including phenoxy) is 3. The van der Waals surface area contributed by atoms with Gasteiger partial charge in [-0.2, -0.15) is 0 Å². The Morgan fingerprint density at radius 1 is 0.943 bits per heavy atom. The van der Waals surface area contributed by atoms with Gasteiger partial charge in [-0.25, -0.2) is 0 Å². The van der Waals surface area contributed by atoms with E-state index in [4.69, 9.17) is 14.2 Å². The summed E-state index contributed by atoms with van der Waals surface area (Å²) >= 11 is 0. The summed E-state index contributed by atoms with van der Waals surface area (Å²) in [6, 6.07) is 7.56. The first kappa shape index (κ1) is 46.1. The van der Waals surface area contributed by atoms with Gasteiger partial charge in [-0.1, -0.05) is 84.7 Å². The molecule has 0 radical (unpaired) electrons. The Morgan fingerprint density at radius 3 is 2.09 bits per heavy atom. The molecule has 1 aliphatic rings. The molecule has 0 aromatic heterocycles. The van der Waals surface area contributed by atoms with Crippen LogP contribution < -0.4 is 5.32 Å². The zero-order valence-electron chi connectivity index (χ0n) is 34.5. The van der Waals surface area contributed by atoms with Crippen LogP contribution in [0.1, 0.15) is 86.1 Å². The molecule has 1 fully saturated rings. The monoisotopic (exact) mass is 747 g/mol. The van der Waals surface area contributed by atoms with Gasteiger partial charge in [-0.3, -0.25) is 24.1 Å². The van der Waals surface area contributed by atoms with E-state index in [1.54, 1.807) is 30.9 Å². The number of aliphatic hydroxyl groups excluding tert-OH is 1. The van der Waals surface area contributed by atoms with Gasteiger partial charge in [0.15, 0.2) is 0 Å². The predicted molar refractivity (Wildman–Crippen MR) is 207 cm³/mol. The first-order valence-electron chi connectivity index (χ1n) is 19.5. The van der Waals surface area contributed by atoms with Crippen LogP contribution in [0.15, 0.2) is 30.3 Å². The Labute approximate surface area is 319 Å². The summed E-state index contributed by atoms with van der Waals surface area (Å²) in [5.74, 6) is -1.83. The Bertz CT molecular complexity index is 1270.